The van der Waals surface area contributed by atoms with Gasteiger partial charge in [0.15, 0.2) is 0 Å². The summed E-state index contributed by atoms with van der Waals surface area (Å²) in [5.41, 5.74) is 2.00. The van der Waals surface area contributed by atoms with E-state index in [1.807, 2.05) is 12.1 Å². The molecule has 1 fully saturated rings. The molecule has 4 rings (SSSR count). The summed E-state index contributed by atoms with van der Waals surface area (Å²) in [6, 6.07) is 9.27. The topological polar surface area (TPSA) is 87.7 Å². The lowest BCUT2D eigenvalue weighted by atomic mass is 9.93. The minimum atomic E-state index is -1.21. The van der Waals surface area contributed by atoms with Gasteiger partial charge in [0.1, 0.15) is 5.54 Å². The van der Waals surface area contributed by atoms with Crippen LogP contribution in [0.2, 0.25) is 4.34 Å². The van der Waals surface area contributed by atoms with Crippen LogP contribution >= 0.6 is 22.9 Å². The minimum Gasteiger partial charge on any atom is -0.469 e. The van der Waals surface area contributed by atoms with Gasteiger partial charge in [0, 0.05) is 18.8 Å². The van der Waals surface area contributed by atoms with Gasteiger partial charge in [0.2, 0.25) is 5.91 Å². The molecule has 9 heteroatoms. The van der Waals surface area contributed by atoms with Crippen molar-refractivity contribution in [3.05, 3.63) is 50.7 Å². The van der Waals surface area contributed by atoms with Gasteiger partial charge in [-0.2, -0.15) is 0 Å². The number of rotatable bonds is 5. The van der Waals surface area contributed by atoms with Crippen molar-refractivity contribution in [3.8, 4) is 0 Å². The van der Waals surface area contributed by atoms with Crippen LogP contribution in [-0.4, -0.2) is 55.5 Å². The van der Waals surface area contributed by atoms with Gasteiger partial charge >= 0.3 is 5.97 Å². The van der Waals surface area contributed by atoms with Gasteiger partial charge in [-0.05, 0) is 74.5 Å². The van der Waals surface area contributed by atoms with Crippen molar-refractivity contribution in [2.24, 2.45) is 5.92 Å². The Bertz CT molecular complexity index is 1070. The first-order valence-electron chi connectivity index (χ1n) is 11.1. The highest BCUT2D eigenvalue weighted by Gasteiger charge is 2.49. The number of carbonyl (C=O) groups excluding carboxylic acids is 3. The van der Waals surface area contributed by atoms with Crippen molar-refractivity contribution in [3.63, 3.8) is 0 Å². The van der Waals surface area contributed by atoms with Gasteiger partial charge in [-0.25, -0.2) is 0 Å². The molecule has 1 aromatic heterocycles. The number of amides is 2. The standard InChI is InChI=1S/C24H28ClN3O4S/c1-28-11-8-15-3-4-18(13-16(15)9-12-28)26-23(31)24(10-7-17(14-24)22(30)32-2)27-21(29)19-5-6-20(25)33-19/h3-6,13,17H,7-12,14H2,1-2H3,(H,26,31)(H,27,29). The van der Waals surface area contributed by atoms with E-state index in [9.17, 15) is 14.4 Å². The van der Waals surface area contributed by atoms with Crippen molar-refractivity contribution < 1.29 is 19.1 Å². The maximum Gasteiger partial charge on any atom is 0.308 e. The van der Waals surface area contributed by atoms with Crippen LogP contribution in [0.4, 0.5) is 5.69 Å². The van der Waals surface area contributed by atoms with Crippen LogP contribution in [0, 0.1) is 5.92 Å². The van der Waals surface area contributed by atoms with E-state index < -0.39 is 11.5 Å². The SMILES string of the molecule is COC(=O)C1CCC(NC(=O)c2ccc(Cl)s2)(C(=O)Nc2ccc3c(c2)CCN(C)CC3)C1. The molecule has 33 heavy (non-hydrogen) atoms. The zero-order chi connectivity index (χ0) is 23.6. The molecule has 1 saturated carbocycles. The Morgan fingerprint density at radius 2 is 1.91 bits per heavy atom. The Balaban J connectivity index is 1.56. The zero-order valence-electron chi connectivity index (χ0n) is 18.8. The quantitative estimate of drug-likeness (QED) is 0.627. The van der Waals surface area contributed by atoms with Crippen LogP contribution in [0.5, 0.6) is 0 Å². The number of hydrogen-bond acceptors (Lipinski definition) is 6. The molecule has 0 saturated heterocycles. The number of fused-ring (bicyclic) bond motifs is 1. The molecular formula is C24H28ClN3O4S. The van der Waals surface area contributed by atoms with Crippen LogP contribution in [-0.2, 0) is 27.2 Å². The first-order valence-corrected chi connectivity index (χ1v) is 12.3. The second-order valence-corrected chi connectivity index (χ2v) is 10.6. The fourth-order valence-corrected chi connectivity index (χ4v) is 5.61. The lowest BCUT2D eigenvalue weighted by molar-refractivity contribution is -0.145. The minimum absolute atomic E-state index is 0.187. The fourth-order valence-electron chi connectivity index (χ4n) is 4.67. The van der Waals surface area contributed by atoms with Crippen LogP contribution in [0.15, 0.2) is 30.3 Å². The summed E-state index contributed by atoms with van der Waals surface area (Å²) in [7, 11) is 3.45. The third kappa shape index (κ3) is 5.23. The molecule has 2 heterocycles. The van der Waals surface area contributed by atoms with E-state index in [2.05, 4.69) is 28.6 Å². The van der Waals surface area contributed by atoms with E-state index >= 15 is 0 Å². The molecule has 1 aliphatic heterocycles. The van der Waals surface area contributed by atoms with Gasteiger partial charge in [0.25, 0.3) is 5.91 Å². The second kappa shape index (κ2) is 9.83. The summed E-state index contributed by atoms with van der Waals surface area (Å²) in [5, 5.41) is 5.92. The number of carbonyl (C=O) groups is 3. The number of ether oxygens (including phenoxy) is 1. The third-order valence-electron chi connectivity index (χ3n) is 6.62. The molecule has 7 nitrogen and oxygen atoms in total. The molecule has 0 radical (unpaired) electrons. The largest absolute Gasteiger partial charge is 0.469 e. The van der Waals surface area contributed by atoms with Crippen molar-refractivity contribution in [2.75, 3.05) is 32.6 Å². The average molecular weight is 490 g/mol. The molecule has 0 bridgehead atoms. The van der Waals surface area contributed by atoms with Crippen molar-refractivity contribution in [1.29, 1.82) is 0 Å². The summed E-state index contributed by atoms with van der Waals surface area (Å²) in [6.45, 7) is 1.98. The van der Waals surface area contributed by atoms with Crippen LogP contribution < -0.4 is 10.6 Å². The monoisotopic (exact) mass is 489 g/mol. The summed E-state index contributed by atoms with van der Waals surface area (Å²) in [4.78, 5) is 41.4. The van der Waals surface area contributed by atoms with Gasteiger partial charge < -0.3 is 20.3 Å². The van der Waals surface area contributed by atoms with Crippen molar-refractivity contribution in [2.45, 2.75) is 37.6 Å². The first-order chi connectivity index (χ1) is 15.8. The molecule has 1 aliphatic carbocycles. The molecule has 2 atom stereocenters. The summed E-state index contributed by atoms with van der Waals surface area (Å²) in [5.74, 6) is -1.52. The highest BCUT2D eigenvalue weighted by Crippen LogP contribution is 2.37. The number of esters is 1. The smallest absolute Gasteiger partial charge is 0.308 e. The van der Waals surface area contributed by atoms with E-state index in [1.54, 1.807) is 12.1 Å². The molecule has 2 aliphatic rings. The van der Waals surface area contributed by atoms with Crippen LogP contribution in [0.25, 0.3) is 0 Å². The number of halogens is 1. The molecule has 1 aromatic carbocycles. The number of anilines is 1. The second-order valence-electron chi connectivity index (χ2n) is 8.84. The molecule has 2 amide bonds. The molecular weight excluding hydrogens is 462 g/mol. The maximum atomic E-state index is 13.5. The molecule has 176 valence electrons. The summed E-state index contributed by atoms with van der Waals surface area (Å²) >= 11 is 7.13. The molecule has 2 N–H and O–H groups in total. The predicted octanol–water partition coefficient (Wildman–Crippen LogP) is 3.51. The van der Waals surface area contributed by atoms with E-state index in [0.29, 0.717) is 27.7 Å². The Hall–Kier alpha value is -2.42. The van der Waals surface area contributed by atoms with Gasteiger partial charge in [0.05, 0.1) is 22.2 Å². The molecule has 0 spiro atoms. The van der Waals surface area contributed by atoms with E-state index in [0.717, 1.165) is 37.3 Å². The number of benzene rings is 1. The molecule has 2 unspecified atom stereocenters. The summed E-state index contributed by atoms with van der Waals surface area (Å²) in [6.07, 6.45) is 2.89. The van der Waals surface area contributed by atoms with E-state index in [1.165, 1.54) is 18.2 Å². The average Bonchev–Trinajstić information content (AvgIpc) is 3.39. The maximum absolute atomic E-state index is 13.5. The van der Waals surface area contributed by atoms with Gasteiger partial charge in [-0.3, -0.25) is 14.4 Å². The van der Waals surface area contributed by atoms with Crippen LogP contribution in [0.1, 0.15) is 40.1 Å². The Morgan fingerprint density at radius 3 is 2.61 bits per heavy atom. The highest BCUT2D eigenvalue weighted by atomic mass is 35.5. The van der Waals surface area contributed by atoms with Crippen molar-refractivity contribution >= 4 is 46.4 Å². The third-order valence-corrected chi connectivity index (χ3v) is 7.85. The first kappa shape index (κ1) is 23.7. The summed E-state index contributed by atoms with van der Waals surface area (Å²) < 4.78 is 5.39. The zero-order valence-corrected chi connectivity index (χ0v) is 20.4. The van der Waals surface area contributed by atoms with Crippen molar-refractivity contribution in [1.82, 2.24) is 10.2 Å². The number of thiophene rings is 1. The Kier molecular flexibility index (Phi) is 7.07. The van der Waals surface area contributed by atoms with Crippen LogP contribution in [0.3, 0.4) is 0 Å². The van der Waals surface area contributed by atoms with E-state index in [-0.39, 0.29) is 24.2 Å². The number of methoxy groups -OCH3 is 1. The number of likely N-dealkylation sites (N-methyl/N-ethyl adjacent to an activating group) is 1. The van der Waals surface area contributed by atoms with Gasteiger partial charge in [-0.1, -0.05) is 17.7 Å². The Morgan fingerprint density at radius 1 is 1.15 bits per heavy atom. The predicted molar refractivity (Wildman–Crippen MR) is 129 cm³/mol. The highest BCUT2D eigenvalue weighted by molar-refractivity contribution is 7.18. The lowest BCUT2D eigenvalue weighted by Crippen LogP contribution is -2.55. The number of nitrogens with one attached hydrogen (secondary N) is 2. The number of nitrogens with zero attached hydrogens (tertiary/aromatic N) is 1. The molecule has 2 aromatic rings. The Labute approximate surface area is 202 Å². The van der Waals surface area contributed by atoms with E-state index in [4.69, 9.17) is 16.3 Å². The van der Waals surface area contributed by atoms with Gasteiger partial charge in [-0.15, -0.1) is 11.3 Å². The normalized spacial score (nSPS) is 22.8. The lowest BCUT2D eigenvalue weighted by Gasteiger charge is -2.29. The number of hydrogen-bond donors (Lipinski definition) is 2. The fraction of sp³-hybridized carbons (Fsp3) is 0.458.